The van der Waals surface area contributed by atoms with Gasteiger partial charge in [-0.1, -0.05) is 23.2 Å². The lowest BCUT2D eigenvalue weighted by Gasteiger charge is -2.12. The van der Waals surface area contributed by atoms with Gasteiger partial charge in [-0.05, 0) is 64.5 Å². The number of amides is 2. The molecule has 0 saturated carbocycles. The maximum Gasteiger partial charge on any atom is 0.276 e. The fourth-order valence-corrected chi connectivity index (χ4v) is 3.06. The van der Waals surface area contributed by atoms with Gasteiger partial charge in [0.2, 0.25) is 0 Å². The molecule has 0 fully saturated rings. The number of ether oxygens (including phenoxy) is 2. The summed E-state index contributed by atoms with van der Waals surface area (Å²) in [6, 6.07) is 9.42. The van der Waals surface area contributed by atoms with Gasteiger partial charge in [-0.2, -0.15) is 0 Å². The smallest absolute Gasteiger partial charge is 0.276 e. The van der Waals surface area contributed by atoms with Crippen LogP contribution < -0.4 is 25.6 Å². The van der Waals surface area contributed by atoms with Crippen molar-refractivity contribution in [3.63, 3.8) is 0 Å². The topological polar surface area (TPSA) is 88.7 Å². The molecule has 0 bridgehead atoms. The van der Waals surface area contributed by atoms with Crippen LogP contribution in [0.5, 0.6) is 11.5 Å². The van der Waals surface area contributed by atoms with Gasteiger partial charge < -0.3 is 9.47 Å². The Morgan fingerprint density at radius 2 is 1.82 bits per heavy atom. The first-order chi connectivity index (χ1) is 13.3. The second-order valence-electron chi connectivity index (χ2n) is 5.17. The molecule has 0 atom stereocenters. The molecule has 2 rings (SSSR count). The molecule has 0 aliphatic carbocycles. The van der Waals surface area contributed by atoms with Gasteiger partial charge in [-0.15, -0.1) is 0 Å². The molecule has 0 aliphatic rings. The molecule has 11 heteroatoms. The van der Waals surface area contributed by atoms with E-state index >= 15 is 0 Å². The summed E-state index contributed by atoms with van der Waals surface area (Å²) < 4.78 is 11.0. The number of nitrogens with one attached hydrogen (secondary N) is 3. The number of hydrogen-bond acceptors (Lipinski definition) is 5. The Labute approximate surface area is 184 Å². The van der Waals surface area contributed by atoms with E-state index in [2.05, 4.69) is 32.1 Å². The van der Waals surface area contributed by atoms with Crippen molar-refractivity contribution in [3.05, 3.63) is 56.5 Å². The summed E-state index contributed by atoms with van der Waals surface area (Å²) in [6.45, 7) is -0.323. The summed E-state index contributed by atoms with van der Waals surface area (Å²) >= 11 is 20.0. The van der Waals surface area contributed by atoms with Crippen LogP contribution in [0.2, 0.25) is 10.0 Å². The van der Waals surface area contributed by atoms with Crippen LogP contribution in [0.4, 0.5) is 0 Å². The Balaban J connectivity index is 1.79. The summed E-state index contributed by atoms with van der Waals surface area (Å²) in [7, 11) is 1.52. The van der Waals surface area contributed by atoms with Gasteiger partial charge in [0.15, 0.2) is 11.7 Å². The zero-order valence-electron chi connectivity index (χ0n) is 14.3. The summed E-state index contributed by atoms with van der Waals surface area (Å²) in [6.07, 6.45) is 0. The SMILES string of the molecule is COc1ccc(C(=O)NC(=S)NNC(=O)COc2ccc(Cl)cc2Cl)cc1Br. The van der Waals surface area contributed by atoms with E-state index in [1.807, 2.05) is 0 Å². The van der Waals surface area contributed by atoms with Gasteiger partial charge in [0.1, 0.15) is 11.5 Å². The predicted octanol–water partition coefficient (Wildman–Crippen LogP) is 3.48. The molecule has 2 aromatic rings. The maximum absolute atomic E-state index is 12.2. The minimum Gasteiger partial charge on any atom is -0.496 e. The Hall–Kier alpha value is -2.07. The standard InChI is InChI=1S/C17H14BrCl2N3O4S/c1-26-13-4-2-9(6-11(13)18)16(25)21-17(28)23-22-15(24)8-27-14-5-3-10(19)7-12(14)20/h2-7H,8H2,1H3,(H,22,24)(H2,21,23,25,28). The quantitative estimate of drug-likeness (QED) is 0.425. The summed E-state index contributed by atoms with van der Waals surface area (Å²) in [4.78, 5) is 24.0. The molecule has 0 saturated heterocycles. The van der Waals surface area contributed by atoms with E-state index in [0.29, 0.717) is 26.6 Å². The number of carbonyl (C=O) groups is 2. The minimum absolute atomic E-state index is 0.0881. The second-order valence-corrected chi connectivity index (χ2v) is 7.28. The molecule has 3 N–H and O–H groups in total. The molecule has 7 nitrogen and oxygen atoms in total. The Kier molecular flexibility index (Phi) is 8.31. The van der Waals surface area contributed by atoms with Crippen molar-refractivity contribution in [2.75, 3.05) is 13.7 Å². The third-order valence-corrected chi connectivity index (χ3v) is 4.56. The van der Waals surface area contributed by atoms with Crippen molar-refractivity contribution in [2.24, 2.45) is 0 Å². The number of thiocarbonyl (C=S) groups is 1. The van der Waals surface area contributed by atoms with E-state index < -0.39 is 11.8 Å². The maximum atomic E-state index is 12.2. The van der Waals surface area contributed by atoms with Crippen LogP contribution in [0.1, 0.15) is 10.4 Å². The largest absolute Gasteiger partial charge is 0.496 e. The fraction of sp³-hybridized carbons (Fsp3) is 0.118. The number of hydrogen-bond donors (Lipinski definition) is 3. The molecule has 0 heterocycles. The molecular formula is C17H14BrCl2N3O4S. The van der Waals surface area contributed by atoms with E-state index in [1.165, 1.54) is 13.2 Å². The van der Waals surface area contributed by atoms with E-state index in [0.717, 1.165) is 0 Å². The molecule has 2 aromatic carbocycles. The Bertz CT molecular complexity index is 914. The van der Waals surface area contributed by atoms with Gasteiger partial charge in [0.25, 0.3) is 11.8 Å². The van der Waals surface area contributed by atoms with Crippen LogP contribution in [0, 0.1) is 0 Å². The van der Waals surface area contributed by atoms with Crippen LogP contribution in [-0.2, 0) is 4.79 Å². The highest BCUT2D eigenvalue weighted by atomic mass is 79.9. The lowest BCUT2D eigenvalue weighted by Crippen LogP contribution is -2.49. The number of halogens is 3. The molecule has 148 valence electrons. The number of hydrazine groups is 1. The van der Waals surface area contributed by atoms with E-state index in [4.69, 9.17) is 44.9 Å². The van der Waals surface area contributed by atoms with Crippen LogP contribution in [0.15, 0.2) is 40.9 Å². The average Bonchev–Trinajstić information content (AvgIpc) is 2.65. The van der Waals surface area contributed by atoms with Crippen LogP contribution >= 0.6 is 51.3 Å². The second kappa shape index (κ2) is 10.5. The lowest BCUT2D eigenvalue weighted by atomic mass is 10.2. The number of benzene rings is 2. The van der Waals surface area contributed by atoms with E-state index in [-0.39, 0.29) is 16.7 Å². The number of carbonyl (C=O) groups excluding carboxylic acids is 2. The monoisotopic (exact) mass is 505 g/mol. The lowest BCUT2D eigenvalue weighted by molar-refractivity contribution is -0.123. The molecular weight excluding hydrogens is 493 g/mol. The highest BCUT2D eigenvalue weighted by Gasteiger charge is 2.11. The zero-order valence-corrected chi connectivity index (χ0v) is 18.3. The highest BCUT2D eigenvalue weighted by Crippen LogP contribution is 2.27. The molecule has 0 aliphatic heterocycles. The van der Waals surface area contributed by atoms with Gasteiger partial charge in [0.05, 0.1) is 16.6 Å². The van der Waals surface area contributed by atoms with E-state index in [9.17, 15) is 9.59 Å². The van der Waals surface area contributed by atoms with Gasteiger partial charge in [0, 0.05) is 10.6 Å². The normalized spacial score (nSPS) is 10.0. The predicted molar refractivity (Wildman–Crippen MR) is 114 cm³/mol. The van der Waals surface area contributed by atoms with Crippen LogP contribution in [0.25, 0.3) is 0 Å². The average molecular weight is 507 g/mol. The number of methoxy groups -OCH3 is 1. The summed E-state index contributed by atoms with van der Waals surface area (Å²) in [5.74, 6) is -0.0958. The van der Waals surface area contributed by atoms with Crippen LogP contribution in [0.3, 0.4) is 0 Å². The molecule has 0 aromatic heterocycles. The van der Waals surface area contributed by atoms with Crippen molar-refractivity contribution >= 4 is 68.3 Å². The zero-order chi connectivity index (χ0) is 20.7. The van der Waals surface area contributed by atoms with Crippen molar-refractivity contribution in [3.8, 4) is 11.5 Å². The summed E-state index contributed by atoms with van der Waals surface area (Å²) in [5.41, 5.74) is 5.06. The van der Waals surface area contributed by atoms with Gasteiger partial charge in [-0.3, -0.25) is 25.8 Å². The van der Waals surface area contributed by atoms with Crippen molar-refractivity contribution in [1.29, 1.82) is 0 Å². The molecule has 0 unspecified atom stereocenters. The molecule has 0 radical (unpaired) electrons. The van der Waals surface area contributed by atoms with Gasteiger partial charge >= 0.3 is 0 Å². The summed E-state index contributed by atoms with van der Waals surface area (Å²) in [5, 5.41) is 3.08. The first kappa shape index (κ1) is 22.2. The van der Waals surface area contributed by atoms with Crippen LogP contribution in [-0.4, -0.2) is 30.6 Å². The van der Waals surface area contributed by atoms with Crippen molar-refractivity contribution in [2.45, 2.75) is 0 Å². The third kappa shape index (κ3) is 6.52. The molecule has 2 amide bonds. The third-order valence-electron chi connectivity index (χ3n) is 3.21. The molecule has 0 spiro atoms. The van der Waals surface area contributed by atoms with E-state index in [1.54, 1.807) is 30.3 Å². The van der Waals surface area contributed by atoms with Crippen molar-refractivity contribution in [1.82, 2.24) is 16.2 Å². The van der Waals surface area contributed by atoms with Gasteiger partial charge in [-0.25, -0.2) is 0 Å². The first-order valence-electron chi connectivity index (χ1n) is 7.61. The van der Waals surface area contributed by atoms with Crippen molar-refractivity contribution < 1.29 is 19.1 Å². The molecule has 28 heavy (non-hydrogen) atoms. The first-order valence-corrected chi connectivity index (χ1v) is 9.57. The number of rotatable bonds is 5. The highest BCUT2D eigenvalue weighted by molar-refractivity contribution is 9.10. The Morgan fingerprint density at radius 1 is 1.11 bits per heavy atom. The fourth-order valence-electron chi connectivity index (χ4n) is 1.91. The minimum atomic E-state index is -0.533. The Morgan fingerprint density at radius 3 is 2.46 bits per heavy atom.